The number of hydrogen-bond donors (Lipinski definition) is 1. The molecule has 0 saturated heterocycles. The zero-order chi connectivity index (χ0) is 21.3. The van der Waals surface area contributed by atoms with E-state index in [1.807, 2.05) is 36.4 Å². The van der Waals surface area contributed by atoms with Crippen molar-refractivity contribution in [2.24, 2.45) is 4.99 Å². The van der Waals surface area contributed by atoms with Crippen molar-refractivity contribution in [3.05, 3.63) is 74.7 Å². The van der Waals surface area contributed by atoms with Crippen molar-refractivity contribution in [3.63, 3.8) is 0 Å². The molecule has 6 heteroatoms. The fraction of sp³-hybridized carbons (Fsp3) is 0.167. The van der Waals surface area contributed by atoms with Crippen LogP contribution in [0.15, 0.2) is 73.0 Å². The summed E-state index contributed by atoms with van der Waals surface area (Å²) in [7, 11) is 0. The monoisotopic (exact) mass is 526 g/mol. The van der Waals surface area contributed by atoms with Gasteiger partial charge in [0.2, 0.25) is 5.89 Å². The minimum Gasteiger partial charge on any atom is -0.506 e. The first-order valence-corrected chi connectivity index (χ1v) is 11.3. The van der Waals surface area contributed by atoms with Crippen molar-refractivity contribution in [1.82, 2.24) is 4.98 Å². The molecule has 3 aromatic carbocycles. The molecule has 0 aliphatic rings. The van der Waals surface area contributed by atoms with Gasteiger partial charge in [-0.15, -0.1) is 0 Å². The maximum atomic E-state index is 10.2. The number of oxazole rings is 1. The Kier molecular flexibility index (Phi) is 6.06. The molecule has 4 nitrogen and oxygen atoms in total. The molecule has 1 N–H and O–H groups in total. The number of halogens is 2. The van der Waals surface area contributed by atoms with Gasteiger partial charge in [0.05, 0.1) is 10.2 Å². The summed E-state index contributed by atoms with van der Waals surface area (Å²) in [6.07, 6.45) is 2.72. The molecule has 0 spiro atoms. The molecular formula is C24H20Br2N2O2. The number of rotatable bonds is 5. The molecular weight excluding hydrogens is 508 g/mol. The minimum absolute atomic E-state index is 0.154. The van der Waals surface area contributed by atoms with Gasteiger partial charge in [-0.25, -0.2) is 4.98 Å². The molecule has 152 valence electrons. The second-order valence-electron chi connectivity index (χ2n) is 7.19. The average molecular weight is 528 g/mol. The van der Waals surface area contributed by atoms with Crippen LogP contribution in [0.4, 0.5) is 5.69 Å². The quantitative estimate of drug-likeness (QED) is 0.267. The van der Waals surface area contributed by atoms with Gasteiger partial charge in [0, 0.05) is 21.8 Å². The lowest BCUT2D eigenvalue weighted by Gasteiger charge is -2.07. The summed E-state index contributed by atoms with van der Waals surface area (Å²) in [6.45, 7) is 4.40. The molecule has 1 aromatic heterocycles. The Labute approximate surface area is 191 Å². The summed E-state index contributed by atoms with van der Waals surface area (Å²) in [5, 5.41) is 10.2. The summed E-state index contributed by atoms with van der Waals surface area (Å²) in [5.41, 5.74) is 5.22. The van der Waals surface area contributed by atoms with Gasteiger partial charge in [0.1, 0.15) is 11.3 Å². The Balaban J connectivity index is 1.58. The normalized spacial score (nSPS) is 12.7. The van der Waals surface area contributed by atoms with Crippen molar-refractivity contribution in [1.29, 1.82) is 0 Å². The topological polar surface area (TPSA) is 58.6 Å². The smallest absolute Gasteiger partial charge is 0.227 e. The highest BCUT2D eigenvalue weighted by Crippen LogP contribution is 2.32. The molecule has 1 heterocycles. The van der Waals surface area contributed by atoms with Crippen molar-refractivity contribution in [2.45, 2.75) is 26.2 Å². The van der Waals surface area contributed by atoms with Crippen LogP contribution in [0.2, 0.25) is 0 Å². The van der Waals surface area contributed by atoms with Crippen molar-refractivity contribution in [3.8, 4) is 17.2 Å². The number of benzene rings is 3. The summed E-state index contributed by atoms with van der Waals surface area (Å²) in [5.74, 6) is 1.24. The van der Waals surface area contributed by atoms with Crippen LogP contribution in [0.1, 0.15) is 37.3 Å². The maximum absolute atomic E-state index is 10.2. The van der Waals surface area contributed by atoms with E-state index in [-0.39, 0.29) is 5.75 Å². The molecule has 0 fully saturated rings. The highest BCUT2D eigenvalue weighted by molar-refractivity contribution is 9.11. The molecule has 0 radical (unpaired) electrons. The Morgan fingerprint density at radius 2 is 1.87 bits per heavy atom. The summed E-state index contributed by atoms with van der Waals surface area (Å²) < 4.78 is 7.41. The summed E-state index contributed by atoms with van der Waals surface area (Å²) in [4.78, 5) is 9.13. The number of fused-ring (bicyclic) bond motifs is 1. The molecule has 0 saturated carbocycles. The fourth-order valence-electron chi connectivity index (χ4n) is 3.13. The van der Waals surface area contributed by atoms with Crippen LogP contribution in [0.3, 0.4) is 0 Å². The van der Waals surface area contributed by atoms with Crippen LogP contribution < -0.4 is 0 Å². The zero-order valence-corrected chi connectivity index (χ0v) is 19.7. The summed E-state index contributed by atoms with van der Waals surface area (Å²) >= 11 is 6.75. The highest BCUT2D eigenvalue weighted by atomic mass is 79.9. The molecule has 30 heavy (non-hydrogen) atoms. The van der Waals surface area contributed by atoms with E-state index in [0.29, 0.717) is 21.8 Å². The Bertz CT molecular complexity index is 1230. The molecule has 0 aliphatic heterocycles. The van der Waals surface area contributed by atoms with E-state index in [1.54, 1.807) is 12.3 Å². The van der Waals surface area contributed by atoms with Gasteiger partial charge >= 0.3 is 0 Å². The first-order valence-electron chi connectivity index (χ1n) is 9.67. The largest absolute Gasteiger partial charge is 0.506 e. The number of aromatic hydroxyl groups is 1. The second kappa shape index (κ2) is 8.74. The van der Waals surface area contributed by atoms with Gasteiger partial charge in [-0.05, 0) is 82.4 Å². The van der Waals surface area contributed by atoms with Crippen LogP contribution in [0, 0.1) is 0 Å². The van der Waals surface area contributed by atoms with Crippen molar-refractivity contribution < 1.29 is 9.52 Å². The lowest BCUT2D eigenvalue weighted by Crippen LogP contribution is -1.90. The standard InChI is InChI=1S/C24H20Br2N2O2/c1-3-14(2)16-6-9-22-21(11-16)28-24(30-22)15-4-7-19(8-5-15)27-13-17-10-18(25)12-20(26)23(17)29/h4-14,29H,3H2,1-2H3/t14-/m1/s1. The molecule has 0 aliphatic carbocycles. The van der Waals surface area contributed by atoms with Crippen LogP contribution in [-0.2, 0) is 0 Å². The Morgan fingerprint density at radius 1 is 1.10 bits per heavy atom. The second-order valence-corrected chi connectivity index (χ2v) is 8.96. The van der Waals surface area contributed by atoms with E-state index in [4.69, 9.17) is 4.42 Å². The third-order valence-corrected chi connectivity index (χ3v) is 6.18. The predicted octanol–water partition coefficient (Wildman–Crippen LogP) is 7.99. The first kappa shape index (κ1) is 20.8. The first-order chi connectivity index (χ1) is 14.4. The number of hydrogen-bond acceptors (Lipinski definition) is 4. The molecule has 4 rings (SSSR count). The highest BCUT2D eigenvalue weighted by Gasteiger charge is 2.11. The number of phenolic OH excluding ortho intramolecular Hbond substituents is 1. The van der Waals surface area contributed by atoms with Crippen molar-refractivity contribution in [2.75, 3.05) is 0 Å². The molecule has 0 amide bonds. The third-order valence-electron chi connectivity index (χ3n) is 5.12. The summed E-state index contributed by atoms with van der Waals surface area (Å²) in [6, 6.07) is 17.5. The molecule has 4 aromatic rings. The number of aliphatic imine (C=N–C) groups is 1. The van der Waals surface area contributed by atoms with Crippen molar-refractivity contribution >= 4 is 54.9 Å². The van der Waals surface area contributed by atoms with E-state index in [0.717, 1.165) is 33.2 Å². The molecule has 1 atom stereocenters. The van der Waals surface area contributed by atoms with E-state index < -0.39 is 0 Å². The van der Waals surface area contributed by atoms with Crippen LogP contribution in [-0.4, -0.2) is 16.3 Å². The zero-order valence-electron chi connectivity index (χ0n) is 16.6. The Morgan fingerprint density at radius 3 is 2.60 bits per heavy atom. The maximum Gasteiger partial charge on any atom is 0.227 e. The fourth-order valence-corrected chi connectivity index (χ4v) is 4.39. The van der Waals surface area contributed by atoms with Crippen LogP contribution in [0.25, 0.3) is 22.6 Å². The van der Waals surface area contributed by atoms with Crippen LogP contribution >= 0.6 is 31.9 Å². The Hall–Kier alpha value is -2.44. The van der Waals surface area contributed by atoms with E-state index in [9.17, 15) is 5.11 Å². The number of nitrogens with zero attached hydrogens (tertiary/aromatic N) is 2. The minimum atomic E-state index is 0.154. The lowest BCUT2D eigenvalue weighted by atomic mass is 9.98. The van der Waals surface area contributed by atoms with E-state index >= 15 is 0 Å². The van der Waals surface area contributed by atoms with Gasteiger partial charge in [-0.3, -0.25) is 4.99 Å². The lowest BCUT2D eigenvalue weighted by molar-refractivity contribution is 0.471. The van der Waals surface area contributed by atoms with Gasteiger partial charge in [0.15, 0.2) is 5.58 Å². The van der Waals surface area contributed by atoms with E-state index in [1.165, 1.54) is 5.56 Å². The van der Waals surface area contributed by atoms with Crippen LogP contribution in [0.5, 0.6) is 5.75 Å². The van der Waals surface area contributed by atoms with Gasteiger partial charge in [-0.2, -0.15) is 0 Å². The predicted molar refractivity (Wildman–Crippen MR) is 129 cm³/mol. The number of phenols is 1. The SMILES string of the molecule is CC[C@@H](C)c1ccc2oc(-c3ccc(N=Cc4cc(Br)cc(Br)c4O)cc3)nc2c1. The van der Waals surface area contributed by atoms with E-state index in [2.05, 4.69) is 67.8 Å². The number of aromatic nitrogens is 1. The average Bonchev–Trinajstić information content (AvgIpc) is 3.18. The molecule has 0 unspecified atom stereocenters. The third kappa shape index (κ3) is 4.35. The van der Waals surface area contributed by atoms with Gasteiger partial charge < -0.3 is 9.52 Å². The van der Waals surface area contributed by atoms with Gasteiger partial charge in [-0.1, -0.05) is 35.8 Å². The molecule has 0 bridgehead atoms. The van der Waals surface area contributed by atoms with Gasteiger partial charge in [0.25, 0.3) is 0 Å².